The summed E-state index contributed by atoms with van der Waals surface area (Å²) in [5, 5.41) is 2.41. The third kappa shape index (κ3) is 1.58. The third-order valence-corrected chi connectivity index (χ3v) is 0.902. The van der Waals surface area contributed by atoms with Crippen molar-refractivity contribution in [3.05, 3.63) is 12.0 Å². The molecule has 4 heteroatoms. The van der Waals surface area contributed by atoms with E-state index in [1.807, 2.05) is 0 Å². The standard InChI is InChI=1S/C6H8N2O2/c1-4-3-10-6(7-4)8-5(2)9/h3H,1-2H3,(H,7,8,9). The lowest BCUT2D eigenvalue weighted by Crippen LogP contribution is -2.05. The summed E-state index contributed by atoms with van der Waals surface area (Å²) in [5.41, 5.74) is 0.753. The van der Waals surface area contributed by atoms with E-state index in [-0.39, 0.29) is 11.9 Å². The Bertz CT molecular complexity index is 242. The van der Waals surface area contributed by atoms with Gasteiger partial charge in [-0.25, -0.2) is 0 Å². The van der Waals surface area contributed by atoms with Gasteiger partial charge in [-0.15, -0.1) is 0 Å². The van der Waals surface area contributed by atoms with E-state index in [1.54, 1.807) is 6.92 Å². The van der Waals surface area contributed by atoms with Gasteiger partial charge in [-0.2, -0.15) is 4.98 Å². The Balaban J connectivity index is 2.67. The van der Waals surface area contributed by atoms with Crippen molar-refractivity contribution in [1.29, 1.82) is 0 Å². The summed E-state index contributed by atoms with van der Waals surface area (Å²) in [4.78, 5) is 14.3. The van der Waals surface area contributed by atoms with E-state index >= 15 is 0 Å². The number of hydrogen-bond donors (Lipinski definition) is 1. The summed E-state index contributed by atoms with van der Waals surface area (Å²) < 4.78 is 4.83. The van der Waals surface area contributed by atoms with Gasteiger partial charge in [0, 0.05) is 6.92 Å². The predicted octanol–water partition coefficient (Wildman–Crippen LogP) is 0.941. The van der Waals surface area contributed by atoms with E-state index in [1.165, 1.54) is 13.2 Å². The van der Waals surface area contributed by atoms with Gasteiger partial charge in [0.15, 0.2) is 0 Å². The number of carbonyl (C=O) groups is 1. The molecule has 0 bridgehead atoms. The van der Waals surface area contributed by atoms with Crippen LogP contribution in [0.25, 0.3) is 0 Å². The molecule has 0 saturated carbocycles. The second-order valence-electron chi connectivity index (χ2n) is 1.98. The van der Waals surface area contributed by atoms with E-state index in [0.29, 0.717) is 0 Å². The lowest BCUT2D eigenvalue weighted by Gasteiger charge is -1.90. The fourth-order valence-electron chi connectivity index (χ4n) is 0.562. The third-order valence-electron chi connectivity index (χ3n) is 0.902. The highest BCUT2D eigenvalue weighted by molar-refractivity contribution is 5.86. The molecule has 0 aromatic carbocycles. The molecule has 0 unspecified atom stereocenters. The SMILES string of the molecule is CC(=O)Nc1nc(C)co1. The second kappa shape index (κ2) is 2.51. The van der Waals surface area contributed by atoms with Crippen LogP contribution in [0, 0.1) is 6.92 Å². The van der Waals surface area contributed by atoms with Crippen molar-refractivity contribution in [2.75, 3.05) is 5.32 Å². The van der Waals surface area contributed by atoms with Crippen molar-refractivity contribution in [3.63, 3.8) is 0 Å². The van der Waals surface area contributed by atoms with E-state index in [9.17, 15) is 4.79 Å². The summed E-state index contributed by atoms with van der Waals surface area (Å²) in [6, 6.07) is 0.255. The number of aryl methyl sites for hydroxylation is 1. The van der Waals surface area contributed by atoms with Crippen LogP contribution in [0.2, 0.25) is 0 Å². The molecule has 0 aliphatic carbocycles. The maximum absolute atomic E-state index is 10.4. The van der Waals surface area contributed by atoms with Crippen LogP contribution in [0.1, 0.15) is 12.6 Å². The van der Waals surface area contributed by atoms with E-state index in [2.05, 4.69) is 10.3 Å². The molecule has 0 fully saturated rings. The first kappa shape index (κ1) is 6.80. The smallest absolute Gasteiger partial charge is 0.301 e. The molecule has 54 valence electrons. The maximum atomic E-state index is 10.4. The van der Waals surface area contributed by atoms with Crippen LogP contribution in [-0.2, 0) is 4.79 Å². The molecule has 1 N–H and O–H groups in total. The minimum Gasteiger partial charge on any atom is -0.432 e. The van der Waals surface area contributed by atoms with E-state index in [0.717, 1.165) is 5.69 Å². The zero-order valence-corrected chi connectivity index (χ0v) is 5.84. The second-order valence-corrected chi connectivity index (χ2v) is 1.98. The van der Waals surface area contributed by atoms with Crippen molar-refractivity contribution in [3.8, 4) is 0 Å². The Kier molecular flexibility index (Phi) is 1.71. The summed E-state index contributed by atoms with van der Waals surface area (Å²) >= 11 is 0. The molecule has 10 heavy (non-hydrogen) atoms. The first-order valence-electron chi connectivity index (χ1n) is 2.88. The fourth-order valence-corrected chi connectivity index (χ4v) is 0.562. The minimum atomic E-state index is -0.179. The Hall–Kier alpha value is -1.32. The number of anilines is 1. The van der Waals surface area contributed by atoms with Gasteiger partial charge < -0.3 is 4.42 Å². The average molecular weight is 140 g/mol. The van der Waals surface area contributed by atoms with Gasteiger partial charge >= 0.3 is 6.01 Å². The Labute approximate surface area is 58.3 Å². The molecule has 1 aromatic rings. The summed E-state index contributed by atoms with van der Waals surface area (Å²) in [5.74, 6) is -0.179. The number of oxazole rings is 1. The van der Waals surface area contributed by atoms with Crippen molar-refractivity contribution < 1.29 is 9.21 Å². The number of nitrogens with zero attached hydrogens (tertiary/aromatic N) is 1. The van der Waals surface area contributed by atoms with Crippen LogP contribution in [0.4, 0.5) is 6.01 Å². The molecule has 4 nitrogen and oxygen atoms in total. The monoisotopic (exact) mass is 140 g/mol. The maximum Gasteiger partial charge on any atom is 0.301 e. The van der Waals surface area contributed by atoms with Crippen LogP contribution < -0.4 is 5.32 Å². The van der Waals surface area contributed by atoms with Gasteiger partial charge in [0.2, 0.25) is 5.91 Å². The van der Waals surface area contributed by atoms with Gasteiger partial charge in [0.25, 0.3) is 0 Å². The largest absolute Gasteiger partial charge is 0.432 e. The minimum absolute atomic E-state index is 0.179. The molecule has 1 rings (SSSR count). The Morgan fingerprint density at radius 2 is 2.50 bits per heavy atom. The molecule has 0 atom stereocenters. The number of amides is 1. The van der Waals surface area contributed by atoms with Gasteiger partial charge in [-0.3, -0.25) is 10.1 Å². The Morgan fingerprint density at radius 3 is 2.90 bits per heavy atom. The molecular weight excluding hydrogens is 132 g/mol. The van der Waals surface area contributed by atoms with Crippen molar-refractivity contribution >= 4 is 11.9 Å². The average Bonchev–Trinajstić information content (AvgIpc) is 2.13. The zero-order chi connectivity index (χ0) is 7.56. The van der Waals surface area contributed by atoms with E-state index in [4.69, 9.17) is 4.42 Å². The van der Waals surface area contributed by atoms with Crippen LogP contribution in [0.5, 0.6) is 0 Å². The molecule has 1 amide bonds. The first-order chi connectivity index (χ1) is 4.68. The molecule has 0 radical (unpaired) electrons. The molecule has 0 spiro atoms. The van der Waals surface area contributed by atoms with Crippen LogP contribution in [-0.4, -0.2) is 10.9 Å². The topological polar surface area (TPSA) is 55.1 Å². The number of hydrogen-bond acceptors (Lipinski definition) is 3. The highest BCUT2D eigenvalue weighted by Crippen LogP contribution is 2.04. The molecule has 0 aliphatic heterocycles. The molecule has 0 aliphatic rings. The summed E-state index contributed by atoms with van der Waals surface area (Å²) in [6.07, 6.45) is 1.48. The lowest BCUT2D eigenvalue weighted by atomic mass is 10.6. The quantitative estimate of drug-likeness (QED) is 0.631. The Morgan fingerprint density at radius 1 is 1.80 bits per heavy atom. The van der Waals surface area contributed by atoms with Gasteiger partial charge in [0.05, 0.1) is 5.69 Å². The fraction of sp³-hybridized carbons (Fsp3) is 0.333. The number of carbonyl (C=O) groups excluding carboxylic acids is 1. The van der Waals surface area contributed by atoms with Gasteiger partial charge in [-0.05, 0) is 6.92 Å². The normalized spacial score (nSPS) is 9.40. The first-order valence-corrected chi connectivity index (χ1v) is 2.88. The molecule has 0 saturated heterocycles. The molecule has 1 aromatic heterocycles. The van der Waals surface area contributed by atoms with Crippen molar-refractivity contribution in [2.24, 2.45) is 0 Å². The van der Waals surface area contributed by atoms with Crippen molar-refractivity contribution in [1.82, 2.24) is 4.98 Å². The number of rotatable bonds is 1. The van der Waals surface area contributed by atoms with Crippen LogP contribution >= 0.6 is 0 Å². The van der Waals surface area contributed by atoms with Crippen LogP contribution in [0.15, 0.2) is 10.7 Å². The molecule has 1 heterocycles. The van der Waals surface area contributed by atoms with Crippen molar-refractivity contribution in [2.45, 2.75) is 13.8 Å². The zero-order valence-electron chi connectivity index (χ0n) is 5.84. The summed E-state index contributed by atoms with van der Waals surface area (Å²) in [6.45, 7) is 3.19. The predicted molar refractivity (Wildman–Crippen MR) is 35.5 cm³/mol. The highest BCUT2D eigenvalue weighted by atomic mass is 16.4. The van der Waals surface area contributed by atoms with E-state index < -0.39 is 0 Å². The lowest BCUT2D eigenvalue weighted by molar-refractivity contribution is -0.114. The van der Waals surface area contributed by atoms with Crippen LogP contribution in [0.3, 0.4) is 0 Å². The summed E-state index contributed by atoms with van der Waals surface area (Å²) in [7, 11) is 0. The van der Waals surface area contributed by atoms with Gasteiger partial charge in [-0.1, -0.05) is 0 Å². The molecular formula is C6H8N2O2. The highest BCUT2D eigenvalue weighted by Gasteiger charge is 1.99. The number of nitrogens with one attached hydrogen (secondary N) is 1. The van der Waals surface area contributed by atoms with Gasteiger partial charge in [0.1, 0.15) is 6.26 Å². The number of aromatic nitrogens is 1.